The van der Waals surface area contributed by atoms with Crippen LogP contribution in [0.4, 0.5) is 11.4 Å². The van der Waals surface area contributed by atoms with E-state index < -0.39 is 0 Å². The molecule has 0 atom stereocenters. The molecule has 102 valence electrons. The van der Waals surface area contributed by atoms with Gasteiger partial charge >= 0.3 is 0 Å². The lowest BCUT2D eigenvalue weighted by Crippen LogP contribution is -2.15. The van der Waals surface area contributed by atoms with E-state index in [1.165, 1.54) is 6.92 Å². The summed E-state index contributed by atoms with van der Waals surface area (Å²) in [7, 11) is 0. The van der Waals surface area contributed by atoms with Gasteiger partial charge in [0.15, 0.2) is 0 Å². The topological polar surface area (TPSA) is 58.2 Å². The van der Waals surface area contributed by atoms with Gasteiger partial charge in [-0.15, -0.1) is 0 Å². The van der Waals surface area contributed by atoms with E-state index >= 15 is 0 Å². The minimum atomic E-state index is -0.202. The third kappa shape index (κ3) is 3.45. The zero-order valence-electron chi connectivity index (χ0n) is 11.4. The third-order valence-electron chi connectivity index (χ3n) is 2.77. The molecule has 0 saturated carbocycles. The summed E-state index contributed by atoms with van der Waals surface area (Å²) in [6, 6.07) is 14.4. The van der Waals surface area contributed by atoms with E-state index in [0.717, 1.165) is 5.56 Å². The Labute approximate surface area is 117 Å². The van der Waals surface area contributed by atoms with Crippen LogP contribution in [0.25, 0.3) is 0 Å². The minimum Gasteiger partial charge on any atom is -0.325 e. The molecule has 0 bridgehead atoms. The summed E-state index contributed by atoms with van der Waals surface area (Å²) in [5.41, 5.74) is 2.77. The Kier molecular flexibility index (Phi) is 4.15. The lowest BCUT2D eigenvalue weighted by atomic mass is 10.1. The molecule has 2 aromatic carbocycles. The van der Waals surface area contributed by atoms with Crippen LogP contribution >= 0.6 is 0 Å². The van der Waals surface area contributed by atoms with Crippen LogP contribution in [0, 0.1) is 6.92 Å². The van der Waals surface area contributed by atoms with E-state index in [9.17, 15) is 9.59 Å². The molecule has 0 aromatic heterocycles. The second kappa shape index (κ2) is 6.02. The summed E-state index contributed by atoms with van der Waals surface area (Å²) in [6.45, 7) is 3.36. The molecule has 2 rings (SSSR count). The Hall–Kier alpha value is -2.62. The van der Waals surface area contributed by atoms with Gasteiger partial charge in [0.05, 0.1) is 11.4 Å². The second-order valence-electron chi connectivity index (χ2n) is 4.55. The average molecular weight is 268 g/mol. The highest BCUT2D eigenvalue weighted by Crippen LogP contribution is 2.21. The molecule has 0 heterocycles. The summed E-state index contributed by atoms with van der Waals surface area (Å²) < 4.78 is 0. The van der Waals surface area contributed by atoms with Crippen molar-refractivity contribution < 1.29 is 9.59 Å². The Morgan fingerprint density at radius 2 is 1.55 bits per heavy atom. The molecule has 0 radical (unpaired) electrons. The molecule has 4 heteroatoms. The smallest absolute Gasteiger partial charge is 0.255 e. The SMILES string of the molecule is CC(=O)Nc1ccccc1NC(=O)c1cccc(C)c1. The van der Waals surface area contributed by atoms with Crippen molar-refractivity contribution in [3.8, 4) is 0 Å². The molecule has 0 unspecified atom stereocenters. The van der Waals surface area contributed by atoms with Gasteiger partial charge in [-0.05, 0) is 31.2 Å². The molecule has 2 aromatic rings. The number of hydrogen-bond donors (Lipinski definition) is 2. The van der Waals surface area contributed by atoms with Crippen molar-refractivity contribution in [3.05, 3.63) is 59.7 Å². The van der Waals surface area contributed by atoms with E-state index in [0.29, 0.717) is 16.9 Å². The number of benzene rings is 2. The molecule has 0 fully saturated rings. The van der Waals surface area contributed by atoms with Crippen LogP contribution in [0.3, 0.4) is 0 Å². The van der Waals surface area contributed by atoms with Gasteiger partial charge in [-0.2, -0.15) is 0 Å². The number of nitrogens with one attached hydrogen (secondary N) is 2. The van der Waals surface area contributed by atoms with E-state index in [1.807, 2.05) is 25.1 Å². The molecule has 0 saturated heterocycles. The molecule has 4 nitrogen and oxygen atoms in total. The zero-order chi connectivity index (χ0) is 14.5. The fraction of sp³-hybridized carbons (Fsp3) is 0.125. The Balaban J connectivity index is 2.21. The summed E-state index contributed by atoms with van der Waals surface area (Å²) in [5, 5.41) is 5.49. The number of amides is 2. The lowest BCUT2D eigenvalue weighted by molar-refractivity contribution is -0.114. The van der Waals surface area contributed by atoms with Crippen LogP contribution in [0.1, 0.15) is 22.8 Å². The molecule has 2 N–H and O–H groups in total. The highest BCUT2D eigenvalue weighted by molar-refractivity contribution is 6.07. The molecule has 0 spiro atoms. The predicted octanol–water partition coefficient (Wildman–Crippen LogP) is 3.21. The summed E-state index contributed by atoms with van der Waals surface area (Å²) >= 11 is 0. The Morgan fingerprint density at radius 1 is 0.900 bits per heavy atom. The zero-order valence-corrected chi connectivity index (χ0v) is 11.4. The molecule has 2 amide bonds. The van der Waals surface area contributed by atoms with E-state index in [2.05, 4.69) is 10.6 Å². The highest BCUT2D eigenvalue weighted by Gasteiger charge is 2.09. The molecular formula is C16H16N2O2. The van der Waals surface area contributed by atoms with E-state index in [-0.39, 0.29) is 11.8 Å². The van der Waals surface area contributed by atoms with Gasteiger partial charge in [0.2, 0.25) is 5.91 Å². The number of para-hydroxylation sites is 2. The van der Waals surface area contributed by atoms with Gasteiger partial charge in [-0.25, -0.2) is 0 Å². The Morgan fingerprint density at radius 3 is 2.15 bits per heavy atom. The normalized spacial score (nSPS) is 9.90. The van der Waals surface area contributed by atoms with Gasteiger partial charge in [0.1, 0.15) is 0 Å². The maximum absolute atomic E-state index is 12.2. The number of carbonyl (C=O) groups is 2. The van der Waals surface area contributed by atoms with Crippen molar-refractivity contribution >= 4 is 23.2 Å². The quantitative estimate of drug-likeness (QED) is 0.898. The fourth-order valence-corrected chi connectivity index (χ4v) is 1.87. The van der Waals surface area contributed by atoms with Crippen molar-refractivity contribution in [3.63, 3.8) is 0 Å². The maximum Gasteiger partial charge on any atom is 0.255 e. The maximum atomic E-state index is 12.2. The molecular weight excluding hydrogens is 252 g/mol. The van der Waals surface area contributed by atoms with Gasteiger partial charge in [0.25, 0.3) is 5.91 Å². The molecule has 0 aliphatic carbocycles. The van der Waals surface area contributed by atoms with Gasteiger partial charge < -0.3 is 10.6 Å². The first kappa shape index (κ1) is 13.8. The number of hydrogen-bond acceptors (Lipinski definition) is 2. The standard InChI is InChI=1S/C16H16N2O2/c1-11-6-5-7-13(10-11)16(20)18-15-9-4-3-8-14(15)17-12(2)19/h3-10H,1-2H3,(H,17,19)(H,18,20). The van der Waals surface area contributed by atoms with Gasteiger partial charge in [-0.3, -0.25) is 9.59 Å². The van der Waals surface area contributed by atoms with Gasteiger partial charge in [0, 0.05) is 12.5 Å². The molecule has 0 aliphatic heterocycles. The lowest BCUT2D eigenvalue weighted by Gasteiger charge is -2.11. The van der Waals surface area contributed by atoms with Crippen LogP contribution in [-0.4, -0.2) is 11.8 Å². The van der Waals surface area contributed by atoms with E-state index in [1.54, 1.807) is 30.3 Å². The van der Waals surface area contributed by atoms with Crippen molar-refractivity contribution in [1.29, 1.82) is 0 Å². The summed E-state index contributed by atoms with van der Waals surface area (Å²) in [4.78, 5) is 23.3. The van der Waals surface area contributed by atoms with Crippen molar-refractivity contribution in [2.45, 2.75) is 13.8 Å². The van der Waals surface area contributed by atoms with E-state index in [4.69, 9.17) is 0 Å². The van der Waals surface area contributed by atoms with Crippen LogP contribution in [0.15, 0.2) is 48.5 Å². The first-order valence-corrected chi connectivity index (χ1v) is 6.31. The fourth-order valence-electron chi connectivity index (χ4n) is 1.87. The van der Waals surface area contributed by atoms with Crippen LogP contribution < -0.4 is 10.6 Å². The average Bonchev–Trinajstić information content (AvgIpc) is 2.40. The Bertz CT molecular complexity index is 650. The number of carbonyl (C=O) groups excluding carboxylic acids is 2. The van der Waals surface area contributed by atoms with Gasteiger partial charge in [-0.1, -0.05) is 29.8 Å². The highest BCUT2D eigenvalue weighted by atomic mass is 16.2. The third-order valence-corrected chi connectivity index (χ3v) is 2.77. The van der Waals surface area contributed by atoms with Crippen LogP contribution in [-0.2, 0) is 4.79 Å². The predicted molar refractivity (Wildman–Crippen MR) is 79.9 cm³/mol. The second-order valence-corrected chi connectivity index (χ2v) is 4.55. The number of rotatable bonds is 3. The first-order chi connectivity index (χ1) is 9.56. The molecule has 20 heavy (non-hydrogen) atoms. The summed E-state index contributed by atoms with van der Waals surface area (Å²) in [6.07, 6.45) is 0. The number of anilines is 2. The van der Waals surface area contributed by atoms with Crippen molar-refractivity contribution in [2.75, 3.05) is 10.6 Å². The largest absolute Gasteiger partial charge is 0.325 e. The van der Waals surface area contributed by atoms with Crippen molar-refractivity contribution in [1.82, 2.24) is 0 Å². The molecule has 0 aliphatic rings. The van der Waals surface area contributed by atoms with Crippen LogP contribution in [0.2, 0.25) is 0 Å². The monoisotopic (exact) mass is 268 g/mol. The van der Waals surface area contributed by atoms with Crippen LogP contribution in [0.5, 0.6) is 0 Å². The number of aryl methyl sites for hydroxylation is 1. The van der Waals surface area contributed by atoms with Crippen molar-refractivity contribution in [2.24, 2.45) is 0 Å². The first-order valence-electron chi connectivity index (χ1n) is 6.31. The minimum absolute atomic E-state index is 0.178. The summed E-state index contributed by atoms with van der Waals surface area (Å²) in [5.74, 6) is -0.381.